The Morgan fingerprint density at radius 2 is 1.72 bits per heavy atom. The van der Waals surface area contributed by atoms with E-state index >= 15 is 0 Å². The van der Waals surface area contributed by atoms with Gasteiger partial charge in [-0.1, -0.05) is 24.3 Å². The second-order valence-electron chi connectivity index (χ2n) is 3.60. The predicted octanol–water partition coefficient (Wildman–Crippen LogP) is 2.59. The topological polar surface area (TPSA) is 46.5 Å². The van der Waals surface area contributed by atoms with Crippen LogP contribution in [0.1, 0.15) is 22.3 Å². The lowest BCUT2D eigenvalue weighted by Crippen LogP contribution is -2.25. The van der Waals surface area contributed by atoms with Crippen LogP contribution in [0.4, 0.5) is 13.2 Å². The number of aliphatic imine (C=N–C) groups is 1. The van der Waals surface area contributed by atoms with Crippen molar-refractivity contribution in [2.45, 2.75) is 19.1 Å². The number of benzene rings is 1. The van der Waals surface area contributed by atoms with Crippen molar-refractivity contribution in [3.8, 4) is 0 Å². The molecule has 0 unspecified atom stereocenters. The number of ketones is 2. The fraction of sp³-hybridized carbons (Fsp3) is 0.250. The van der Waals surface area contributed by atoms with E-state index in [-0.39, 0.29) is 5.56 Å². The van der Waals surface area contributed by atoms with Gasteiger partial charge in [-0.2, -0.15) is 13.2 Å². The number of Topliss-reactive ketones (excluding diaryl/α,β-unsaturated/α-hetero) is 2. The van der Waals surface area contributed by atoms with Gasteiger partial charge >= 0.3 is 6.18 Å². The van der Waals surface area contributed by atoms with E-state index < -0.39 is 24.2 Å². The number of rotatable bonds is 5. The second-order valence-corrected chi connectivity index (χ2v) is 3.60. The normalized spacial score (nSPS) is 11.1. The van der Waals surface area contributed by atoms with Crippen molar-refractivity contribution >= 4 is 18.3 Å². The van der Waals surface area contributed by atoms with Crippen LogP contribution in [0.15, 0.2) is 29.3 Å². The molecule has 1 aromatic carbocycles. The highest BCUT2D eigenvalue weighted by molar-refractivity contribution is 6.09. The van der Waals surface area contributed by atoms with Gasteiger partial charge in [0.25, 0.3) is 0 Å². The third-order valence-electron chi connectivity index (χ3n) is 2.21. The summed E-state index contributed by atoms with van der Waals surface area (Å²) in [5, 5.41) is 0. The van der Waals surface area contributed by atoms with E-state index in [0.29, 0.717) is 6.54 Å². The first kappa shape index (κ1) is 14.1. The van der Waals surface area contributed by atoms with Gasteiger partial charge in [-0.3, -0.25) is 14.6 Å². The molecule has 0 atom stereocenters. The molecule has 0 amide bonds. The summed E-state index contributed by atoms with van der Waals surface area (Å²) in [6.07, 6.45) is -6.13. The summed E-state index contributed by atoms with van der Waals surface area (Å²) < 4.78 is 35.9. The van der Waals surface area contributed by atoms with Gasteiger partial charge in [0.2, 0.25) is 5.78 Å². The standard InChI is InChI=1S/C12H10F3NO2/c1-16-7-8-2-4-9(5-3-8)10(17)6-11(18)12(13,14)15/h2-5H,1,6-7H2. The quantitative estimate of drug-likeness (QED) is 0.462. The van der Waals surface area contributed by atoms with Crippen LogP contribution >= 0.6 is 0 Å². The van der Waals surface area contributed by atoms with Crippen molar-refractivity contribution in [1.82, 2.24) is 0 Å². The number of hydrogen-bond acceptors (Lipinski definition) is 3. The summed E-state index contributed by atoms with van der Waals surface area (Å²) in [5.74, 6) is -2.89. The van der Waals surface area contributed by atoms with Crippen molar-refractivity contribution in [1.29, 1.82) is 0 Å². The summed E-state index contributed by atoms with van der Waals surface area (Å²) in [4.78, 5) is 25.7. The van der Waals surface area contributed by atoms with E-state index in [1.54, 1.807) is 12.1 Å². The smallest absolute Gasteiger partial charge is 0.296 e. The molecule has 0 saturated heterocycles. The molecule has 0 radical (unpaired) electrons. The molecule has 0 fully saturated rings. The van der Waals surface area contributed by atoms with Crippen LogP contribution in [0.5, 0.6) is 0 Å². The Morgan fingerprint density at radius 1 is 1.17 bits per heavy atom. The van der Waals surface area contributed by atoms with Crippen LogP contribution in [0.25, 0.3) is 0 Å². The minimum atomic E-state index is -4.97. The fourth-order valence-electron chi connectivity index (χ4n) is 1.27. The minimum Gasteiger partial charge on any atom is -0.296 e. The molecule has 0 N–H and O–H groups in total. The third kappa shape index (κ3) is 3.80. The summed E-state index contributed by atoms with van der Waals surface area (Å²) in [7, 11) is 0. The summed E-state index contributed by atoms with van der Waals surface area (Å²) in [5.41, 5.74) is 0.851. The van der Waals surface area contributed by atoms with Gasteiger partial charge in [0.1, 0.15) is 0 Å². The van der Waals surface area contributed by atoms with Gasteiger partial charge in [0, 0.05) is 5.56 Å². The fourth-order valence-corrected chi connectivity index (χ4v) is 1.27. The van der Waals surface area contributed by atoms with Crippen LogP contribution in [0, 0.1) is 0 Å². The Morgan fingerprint density at radius 3 is 2.17 bits per heavy atom. The van der Waals surface area contributed by atoms with Crippen molar-refractivity contribution < 1.29 is 22.8 Å². The SMILES string of the molecule is C=NCc1ccc(C(=O)CC(=O)C(F)(F)F)cc1. The van der Waals surface area contributed by atoms with E-state index in [9.17, 15) is 22.8 Å². The first-order chi connectivity index (χ1) is 8.34. The number of carbonyl (C=O) groups excluding carboxylic acids is 2. The van der Waals surface area contributed by atoms with Gasteiger partial charge in [-0.25, -0.2) is 0 Å². The molecular formula is C12H10F3NO2. The van der Waals surface area contributed by atoms with E-state index in [1.165, 1.54) is 12.1 Å². The second kappa shape index (κ2) is 5.57. The maximum Gasteiger partial charge on any atom is 0.450 e. The lowest BCUT2D eigenvalue weighted by molar-refractivity contribution is -0.170. The van der Waals surface area contributed by atoms with Crippen molar-refractivity contribution in [2.75, 3.05) is 0 Å². The highest BCUT2D eigenvalue weighted by Crippen LogP contribution is 2.19. The lowest BCUT2D eigenvalue weighted by Gasteiger charge is -2.05. The minimum absolute atomic E-state index is 0.0698. The maximum absolute atomic E-state index is 12.0. The molecule has 1 aromatic rings. The highest BCUT2D eigenvalue weighted by Gasteiger charge is 2.39. The van der Waals surface area contributed by atoms with Crippen molar-refractivity contribution in [2.24, 2.45) is 4.99 Å². The Hall–Kier alpha value is -1.98. The largest absolute Gasteiger partial charge is 0.450 e. The average molecular weight is 257 g/mol. The van der Waals surface area contributed by atoms with Crippen LogP contribution < -0.4 is 0 Å². The van der Waals surface area contributed by atoms with E-state index in [2.05, 4.69) is 11.7 Å². The van der Waals surface area contributed by atoms with Crippen LogP contribution in [-0.2, 0) is 11.3 Å². The van der Waals surface area contributed by atoms with Gasteiger partial charge < -0.3 is 0 Å². The first-order valence-corrected chi connectivity index (χ1v) is 4.99. The number of alkyl halides is 3. The van der Waals surface area contributed by atoms with Gasteiger partial charge in [-0.15, -0.1) is 0 Å². The van der Waals surface area contributed by atoms with Crippen LogP contribution in [0.3, 0.4) is 0 Å². The number of carbonyl (C=O) groups is 2. The molecule has 0 spiro atoms. The molecule has 6 heteroatoms. The molecule has 0 aromatic heterocycles. The third-order valence-corrected chi connectivity index (χ3v) is 2.21. The molecular weight excluding hydrogens is 247 g/mol. The van der Waals surface area contributed by atoms with Crippen molar-refractivity contribution in [3.63, 3.8) is 0 Å². The summed E-state index contributed by atoms with van der Waals surface area (Å²) in [6, 6.07) is 5.85. The van der Waals surface area contributed by atoms with E-state index in [0.717, 1.165) is 5.56 Å². The summed E-state index contributed by atoms with van der Waals surface area (Å²) >= 11 is 0. The zero-order chi connectivity index (χ0) is 13.8. The maximum atomic E-state index is 12.0. The Kier molecular flexibility index (Phi) is 4.36. The molecule has 18 heavy (non-hydrogen) atoms. The zero-order valence-corrected chi connectivity index (χ0v) is 9.33. The van der Waals surface area contributed by atoms with Gasteiger partial charge in [0.15, 0.2) is 5.78 Å². The molecule has 96 valence electrons. The Labute approximate surface area is 101 Å². The molecule has 0 aliphatic heterocycles. The molecule has 1 rings (SSSR count). The van der Waals surface area contributed by atoms with Gasteiger partial charge in [-0.05, 0) is 12.3 Å². The molecule has 0 heterocycles. The predicted molar refractivity (Wildman–Crippen MR) is 59.7 cm³/mol. The Bertz CT molecular complexity index is 463. The lowest BCUT2D eigenvalue weighted by atomic mass is 10.0. The van der Waals surface area contributed by atoms with Crippen LogP contribution in [-0.4, -0.2) is 24.5 Å². The Balaban J connectivity index is 2.73. The monoisotopic (exact) mass is 257 g/mol. The number of nitrogens with zero attached hydrogens (tertiary/aromatic N) is 1. The van der Waals surface area contributed by atoms with Crippen LogP contribution in [0.2, 0.25) is 0 Å². The number of hydrogen-bond donors (Lipinski definition) is 0. The molecule has 0 aliphatic rings. The van der Waals surface area contributed by atoms with E-state index in [1.807, 2.05) is 0 Å². The summed E-state index contributed by atoms with van der Waals surface area (Å²) in [6.45, 7) is 3.65. The molecule has 0 bridgehead atoms. The zero-order valence-electron chi connectivity index (χ0n) is 9.33. The highest BCUT2D eigenvalue weighted by atomic mass is 19.4. The molecule has 3 nitrogen and oxygen atoms in total. The first-order valence-electron chi connectivity index (χ1n) is 4.99. The van der Waals surface area contributed by atoms with Crippen molar-refractivity contribution in [3.05, 3.63) is 35.4 Å². The molecule has 0 saturated carbocycles. The number of halogens is 3. The average Bonchev–Trinajstić information content (AvgIpc) is 2.29. The van der Waals surface area contributed by atoms with E-state index in [4.69, 9.17) is 0 Å². The molecule has 0 aliphatic carbocycles. The van der Waals surface area contributed by atoms with Gasteiger partial charge in [0.05, 0.1) is 13.0 Å².